The normalized spacial score (nSPS) is 12.0. The summed E-state index contributed by atoms with van der Waals surface area (Å²) in [6, 6.07) is 5.17. The van der Waals surface area contributed by atoms with Gasteiger partial charge in [-0.05, 0) is 37.8 Å². The third-order valence-corrected chi connectivity index (χ3v) is 5.91. The van der Waals surface area contributed by atoms with Crippen molar-refractivity contribution in [3.05, 3.63) is 41.2 Å². The lowest BCUT2D eigenvalue weighted by Gasteiger charge is -2.25. The summed E-state index contributed by atoms with van der Waals surface area (Å²) in [6.45, 7) is 9.24. The zero-order chi connectivity index (χ0) is 19.5. The second-order valence-corrected chi connectivity index (χ2v) is 8.73. The summed E-state index contributed by atoms with van der Waals surface area (Å²) in [5.74, 6) is -0.152. The van der Waals surface area contributed by atoms with Crippen LogP contribution >= 0.6 is 0 Å². The van der Waals surface area contributed by atoms with Crippen molar-refractivity contribution in [2.24, 2.45) is 5.92 Å². The predicted octanol–water partition coefficient (Wildman–Crippen LogP) is 2.89. The summed E-state index contributed by atoms with van der Waals surface area (Å²) in [6.07, 6.45) is 1.33. The molecular formula is C18H25N3O4S. The number of carbonyl (C=O) groups is 1. The van der Waals surface area contributed by atoms with Gasteiger partial charge in [-0.1, -0.05) is 36.7 Å². The van der Waals surface area contributed by atoms with Crippen molar-refractivity contribution in [3.63, 3.8) is 0 Å². The van der Waals surface area contributed by atoms with Crippen molar-refractivity contribution in [1.29, 1.82) is 0 Å². The van der Waals surface area contributed by atoms with E-state index in [-0.39, 0.29) is 29.7 Å². The van der Waals surface area contributed by atoms with Gasteiger partial charge in [-0.2, -0.15) is 4.31 Å². The highest BCUT2D eigenvalue weighted by atomic mass is 32.2. The van der Waals surface area contributed by atoms with E-state index >= 15 is 0 Å². The average Bonchev–Trinajstić information content (AvgIpc) is 2.97. The topological polar surface area (TPSA) is 92.5 Å². The number of aryl methyl sites for hydroxylation is 3. The number of nitrogens with one attached hydrogen (secondary N) is 1. The molecule has 0 atom stereocenters. The molecule has 0 unspecified atom stereocenters. The summed E-state index contributed by atoms with van der Waals surface area (Å²) >= 11 is 0. The minimum atomic E-state index is -3.82. The van der Waals surface area contributed by atoms with Gasteiger partial charge in [-0.3, -0.25) is 4.79 Å². The van der Waals surface area contributed by atoms with Crippen LogP contribution in [-0.4, -0.2) is 36.9 Å². The molecule has 0 fully saturated rings. The highest BCUT2D eigenvalue weighted by molar-refractivity contribution is 7.89. The summed E-state index contributed by atoms with van der Waals surface area (Å²) in [7, 11) is -3.82. The minimum absolute atomic E-state index is 0.0654. The lowest BCUT2D eigenvalue weighted by atomic mass is 10.1. The van der Waals surface area contributed by atoms with Gasteiger partial charge in [0.15, 0.2) is 5.82 Å². The molecule has 0 bridgehead atoms. The van der Waals surface area contributed by atoms with E-state index in [1.807, 2.05) is 32.9 Å². The molecule has 0 aliphatic heterocycles. The maximum atomic E-state index is 13.3. The zero-order valence-corrected chi connectivity index (χ0v) is 16.6. The third-order valence-electron chi connectivity index (χ3n) is 3.80. The number of amides is 1. The molecule has 0 radical (unpaired) electrons. The third kappa shape index (κ3) is 4.70. The van der Waals surface area contributed by atoms with Crippen LogP contribution in [0, 0.1) is 26.7 Å². The molecule has 0 spiro atoms. The van der Waals surface area contributed by atoms with Gasteiger partial charge in [0.05, 0.1) is 11.4 Å². The summed E-state index contributed by atoms with van der Waals surface area (Å²) in [5, 5.41) is 6.15. The fourth-order valence-corrected chi connectivity index (χ4v) is 4.95. The van der Waals surface area contributed by atoms with Crippen LogP contribution in [-0.2, 0) is 14.8 Å². The van der Waals surface area contributed by atoms with Crippen molar-refractivity contribution in [1.82, 2.24) is 9.46 Å². The van der Waals surface area contributed by atoms with Gasteiger partial charge in [0.1, 0.15) is 6.26 Å². The van der Waals surface area contributed by atoms with Crippen molar-refractivity contribution >= 4 is 21.7 Å². The molecule has 7 nitrogen and oxygen atoms in total. The van der Waals surface area contributed by atoms with Crippen LogP contribution in [0.3, 0.4) is 0 Å². The molecule has 8 heteroatoms. The second kappa shape index (κ2) is 8.01. The maximum absolute atomic E-state index is 13.3. The number of carbonyl (C=O) groups excluding carboxylic acids is 1. The lowest BCUT2D eigenvalue weighted by Crippen LogP contribution is -2.40. The molecule has 0 aliphatic carbocycles. The molecule has 1 aromatic carbocycles. The van der Waals surface area contributed by atoms with Crippen LogP contribution in [0.5, 0.6) is 0 Å². The van der Waals surface area contributed by atoms with Gasteiger partial charge in [-0.15, -0.1) is 0 Å². The molecule has 1 amide bonds. The van der Waals surface area contributed by atoms with Crippen LogP contribution in [0.2, 0.25) is 0 Å². The molecule has 1 N–H and O–H groups in total. The smallest absolute Gasteiger partial charge is 0.244 e. The lowest BCUT2D eigenvalue weighted by molar-refractivity contribution is -0.116. The highest BCUT2D eigenvalue weighted by Crippen LogP contribution is 2.26. The maximum Gasteiger partial charge on any atom is 0.244 e. The van der Waals surface area contributed by atoms with Gasteiger partial charge in [0.25, 0.3) is 0 Å². The molecule has 0 saturated carbocycles. The number of rotatable bonds is 7. The molecular weight excluding hydrogens is 354 g/mol. The molecule has 142 valence electrons. The minimum Gasteiger partial charge on any atom is -0.363 e. The molecule has 1 heterocycles. The van der Waals surface area contributed by atoms with E-state index in [0.29, 0.717) is 11.1 Å². The van der Waals surface area contributed by atoms with Gasteiger partial charge < -0.3 is 9.84 Å². The van der Waals surface area contributed by atoms with Gasteiger partial charge >= 0.3 is 0 Å². The average molecular weight is 379 g/mol. The summed E-state index contributed by atoms with van der Waals surface area (Å²) in [4.78, 5) is 12.6. The number of anilines is 1. The molecule has 2 aromatic rings. The number of nitrogens with zero attached hydrogens (tertiary/aromatic N) is 2. The molecule has 2 rings (SSSR count). The Morgan fingerprint density at radius 1 is 1.23 bits per heavy atom. The summed E-state index contributed by atoms with van der Waals surface area (Å²) < 4.78 is 32.4. The number of hydrogen-bond acceptors (Lipinski definition) is 5. The molecule has 26 heavy (non-hydrogen) atoms. The summed E-state index contributed by atoms with van der Waals surface area (Å²) in [5.41, 5.74) is 2.35. The first-order chi connectivity index (χ1) is 12.1. The monoisotopic (exact) mass is 379 g/mol. The van der Waals surface area contributed by atoms with Crippen LogP contribution in [0.4, 0.5) is 5.82 Å². The predicted molar refractivity (Wildman–Crippen MR) is 99.4 cm³/mol. The number of benzene rings is 1. The Hall–Kier alpha value is -2.19. The Bertz CT molecular complexity index is 851. The number of aromatic nitrogens is 1. The number of hydrogen-bond donors (Lipinski definition) is 1. The first kappa shape index (κ1) is 20.1. The van der Waals surface area contributed by atoms with E-state index < -0.39 is 15.9 Å². The van der Waals surface area contributed by atoms with Crippen LogP contribution in [0.25, 0.3) is 0 Å². The largest absolute Gasteiger partial charge is 0.363 e. The van der Waals surface area contributed by atoms with Crippen LogP contribution in [0.1, 0.15) is 30.5 Å². The zero-order valence-electron chi connectivity index (χ0n) is 15.7. The first-order valence-corrected chi connectivity index (χ1v) is 9.83. The molecule has 1 aromatic heterocycles. The standard InChI is InChI=1S/C18H25N3O4S/c1-12(2)10-21(11-17(22)19-16-6-7-25-20-16)26(23,24)18-14(4)8-13(3)9-15(18)5/h6-9,12H,10-11H2,1-5H3,(H,19,20,22). The van der Waals surface area contributed by atoms with Crippen molar-refractivity contribution < 1.29 is 17.7 Å². The van der Waals surface area contributed by atoms with Gasteiger partial charge in [0, 0.05) is 12.6 Å². The van der Waals surface area contributed by atoms with E-state index in [1.54, 1.807) is 13.8 Å². The molecule has 0 saturated heterocycles. The van der Waals surface area contributed by atoms with E-state index in [2.05, 4.69) is 15.0 Å². The fraction of sp³-hybridized carbons (Fsp3) is 0.444. The Morgan fingerprint density at radius 3 is 2.35 bits per heavy atom. The van der Waals surface area contributed by atoms with E-state index in [4.69, 9.17) is 0 Å². The quantitative estimate of drug-likeness (QED) is 0.798. The number of sulfonamides is 1. The van der Waals surface area contributed by atoms with Crippen LogP contribution in [0.15, 0.2) is 33.9 Å². The van der Waals surface area contributed by atoms with Gasteiger partial charge in [-0.25, -0.2) is 8.42 Å². The van der Waals surface area contributed by atoms with Crippen molar-refractivity contribution in [3.8, 4) is 0 Å². The Morgan fingerprint density at radius 2 is 1.85 bits per heavy atom. The first-order valence-electron chi connectivity index (χ1n) is 8.39. The van der Waals surface area contributed by atoms with E-state index in [1.165, 1.54) is 16.6 Å². The fourth-order valence-electron chi connectivity index (χ4n) is 2.98. The van der Waals surface area contributed by atoms with E-state index in [0.717, 1.165) is 5.56 Å². The molecule has 0 aliphatic rings. The SMILES string of the molecule is Cc1cc(C)c(S(=O)(=O)N(CC(=O)Nc2ccon2)CC(C)C)c(C)c1. The van der Waals surface area contributed by atoms with Crippen molar-refractivity contribution in [2.75, 3.05) is 18.4 Å². The Balaban J connectivity index is 2.34. The highest BCUT2D eigenvalue weighted by Gasteiger charge is 2.30. The van der Waals surface area contributed by atoms with Gasteiger partial charge in [0.2, 0.25) is 15.9 Å². The van der Waals surface area contributed by atoms with Crippen molar-refractivity contribution in [2.45, 2.75) is 39.5 Å². The van der Waals surface area contributed by atoms with Crippen LogP contribution < -0.4 is 5.32 Å². The Kier molecular flexibility index (Phi) is 6.20. The second-order valence-electron chi connectivity index (χ2n) is 6.85. The van der Waals surface area contributed by atoms with E-state index in [9.17, 15) is 13.2 Å². The Labute approximate surface area is 154 Å².